The van der Waals surface area contributed by atoms with Gasteiger partial charge >= 0.3 is 0 Å². The molecule has 1 heterocycles. The molecule has 7 nitrogen and oxygen atoms in total. The molecule has 1 aliphatic rings. The fourth-order valence-electron chi connectivity index (χ4n) is 1.82. The van der Waals surface area contributed by atoms with Gasteiger partial charge < -0.3 is 14.8 Å². The lowest BCUT2D eigenvalue weighted by molar-refractivity contribution is -0.118. The van der Waals surface area contributed by atoms with Gasteiger partial charge in [-0.2, -0.15) is 0 Å². The molecule has 2 rings (SSSR count). The molecule has 21 heavy (non-hydrogen) atoms. The van der Waals surface area contributed by atoms with Crippen LogP contribution in [0.3, 0.4) is 0 Å². The van der Waals surface area contributed by atoms with Gasteiger partial charge in [0.1, 0.15) is 0 Å². The minimum Gasteiger partial charge on any atom is -0.490 e. The first kappa shape index (κ1) is 15.6. The zero-order valence-corrected chi connectivity index (χ0v) is 12.5. The van der Waals surface area contributed by atoms with Gasteiger partial charge in [-0.25, -0.2) is 13.1 Å². The average Bonchev–Trinajstić information content (AvgIpc) is 2.67. The summed E-state index contributed by atoms with van der Waals surface area (Å²) in [5.74, 6) is 0.770. The van der Waals surface area contributed by atoms with Gasteiger partial charge in [0.15, 0.2) is 11.5 Å². The lowest BCUT2D eigenvalue weighted by atomic mass is 10.3. The van der Waals surface area contributed by atoms with E-state index in [-0.39, 0.29) is 23.9 Å². The lowest BCUT2D eigenvalue weighted by Gasteiger charge is -2.11. The monoisotopic (exact) mass is 314 g/mol. The number of benzene rings is 1. The number of carbonyl (C=O) groups excluding carboxylic acids is 1. The predicted octanol–water partition coefficient (Wildman–Crippen LogP) is 0.262. The van der Waals surface area contributed by atoms with Crippen LogP contribution in [0.15, 0.2) is 23.1 Å². The molecule has 0 radical (unpaired) electrons. The van der Waals surface area contributed by atoms with Crippen molar-refractivity contribution in [3.05, 3.63) is 18.2 Å². The first-order valence-corrected chi connectivity index (χ1v) is 8.11. The molecule has 0 unspecified atom stereocenters. The van der Waals surface area contributed by atoms with E-state index < -0.39 is 10.0 Å². The van der Waals surface area contributed by atoms with Gasteiger partial charge in [0.25, 0.3) is 0 Å². The zero-order valence-electron chi connectivity index (χ0n) is 11.7. The second kappa shape index (κ2) is 6.77. The van der Waals surface area contributed by atoms with Crippen LogP contribution >= 0.6 is 0 Å². The van der Waals surface area contributed by atoms with E-state index in [9.17, 15) is 13.2 Å². The fourth-order valence-corrected chi connectivity index (χ4v) is 2.86. The first-order chi connectivity index (χ1) is 9.99. The summed E-state index contributed by atoms with van der Waals surface area (Å²) < 4.78 is 37.6. The molecule has 0 aromatic heterocycles. The summed E-state index contributed by atoms with van der Waals surface area (Å²) in [7, 11) is -3.64. The Hall–Kier alpha value is -1.80. The fraction of sp³-hybridized carbons (Fsp3) is 0.462. The maximum Gasteiger partial charge on any atom is 0.240 e. The van der Waals surface area contributed by atoms with Gasteiger partial charge in [-0.3, -0.25) is 4.79 Å². The van der Waals surface area contributed by atoms with E-state index in [0.717, 1.165) is 6.42 Å². The Kier molecular flexibility index (Phi) is 5.03. The highest BCUT2D eigenvalue weighted by molar-refractivity contribution is 7.89. The largest absolute Gasteiger partial charge is 0.490 e. The van der Waals surface area contributed by atoms with Crippen molar-refractivity contribution in [2.45, 2.75) is 18.2 Å². The summed E-state index contributed by atoms with van der Waals surface area (Å²) in [6, 6.07) is 4.50. The molecule has 1 aromatic rings. The molecule has 0 spiro atoms. The summed E-state index contributed by atoms with van der Waals surface area (Å²) >= 11 is 0. The Labute approximate surface area is 123 Å². The quantitative estimate of drug-likeness (QED) is 0.761. The zero-order chi connectivity index (χ0) is 15.3. The minimum absolute atomic E-state index is 0.106. The van der Waals surface area contributed by atoms with Crippen LogP contribution in [0.25, 0.3) is 0 Å². The topological polar surface area (TPSA) is 93.7 Å². The number of nitrogens with one attached hydrogen (secondary N) is 2. The van der Waals surface area contributed by atoms with E-state index in [1.807, 2.05) is 0 Å². The molecule has 0 bridgehead atoms. The molecular formula is C13H18N2O5S. The molecule has 2 N–H and O–H groups in total. The number of fused-ring (bicyclic) bond motifs is 1. The molecular weight excluding hydrogens is 296 g/mol. The lowest BCUT2D eigenvalue weighted by Crippen LogP contribution is -2.33. The van der Waals surface area contributed by atoms with E-state index in [2.05, 4.69) is 10.0 Å². The molecule has 0 saturated carbocycles. The molecule has 1 amide bonds. The number of hydrogen-bond donors (Lipinski definition) is 2. The average molecular weight is 314 g/mol. The summed E-state index contributed by atoms with van der Waals surface area (Å²) in [6.07, 6.45) is 0.756. The van der Waals surface area contributed by atoms with Gasteiger partial charge in [-0.05, 0) is 12.1 Å². The molecule has 1 aromatic carbocycles. The van der Waals surface area contributed by atoms with E-state index >= 15 is 0 Å². The highest BCUT2D eigenvalue weighted by atomic mass is 32.2. The summed E-state index contributed by atoms with van der Waals surface area (Å²) in [5, 5.41) is 2.52. The Balaban J connectivity index is 2.06. The van der Waals surface area contributed by atoms with Crippen LogP contribution in [0.2, 0.25) is 0 Å². The van der Waals surface area contributed by atoms with Crippen molar-refractivity contribution in [3.8, 4) is 11.5 Å². The number of amides is 1. The molecule has 1 aliphatic heterocycles. The standard InChI is InChI=1S/C13H18N2O5S/c1-10(16)14-5-6-15-21(17,18)11-3-4-12-13(9-11)20-8-2-7-19-12/h3-4,9,15H,2,5-8H2,1H3,(H,14,16). The van der Waals surface area contributed by atoms with Gasteiger partial charge in [-0.15, -0.1) is 0 Å². The van der Waals surface area contributed by atoms with Crippen molar-refractivity contribution in [1.29, 1.82) is 0 Å². The minimum atomic E-state index is -3.64. The van der Waals surface area contributed by atoms with Crippen LogP contribution in [-0.4, -0.2) is 40.6 Å². The van der Waals surface area contributed by atoms with Gasteiger partial charge in [0.2, 0.25) is 15.9 Å². The maximum atomic E-state index is 12.1. The Morgan fingerprint density at radius 3 is 2.62 bits per heavy atom. The van der Waals surface area contributed by atoms with Crippen molar-refractivity contribution in [2.24, 2.45) is 0 Å². The van der Waals surface area contributed by atoms with Crippen molar-refractivity contribution >= 4 is 15.9 Å². The predicted molar refractivity (Wildman–Crippen MR) is 75.9 cm³/mol. The molecule has 0 saturated heterocycles. The highest BCUT2D eigenvalue weighted by Gasteiger charge is 2.18. The van der Waals surface area contributed by atoms with E-state index in [0.29, 0.717) is 24.7 Å². The van der Waals surface area contributed by atoms with Gasteiger partial charge in [0, 0.05) is 32.5 Å². The second-order valence-electron chi connectivity index (χ2n) is 4.54. The van der Waals surface area contributed by atoms with Gasteiger partial charge in [0.05, 0.1) is 18.1 Å². The number of rotatable bonds is 5. The second-order valence-corrected chi connectivity index (χ2v) is 6.31. The van der Waals surface area contributed by atoms with E-state index in [1.165, 1.54) is 19.1 Å². The first-order valence-electron chi connectivity index (χ1n) is 6.63. The smallest absolute Gasteiger partial charge is 0.240 e. The van der Waals surface area contributed by atoms with Crippen LogP contribution in [0, 0.1) is 0 Å². The number of ether oxygens (including phenoxy) is 2. The molecule has 0 fully saturated rings. The normalized spacial score (nSPS) is 14.3. The van der Waals surface area contributed by atoms with Crippen LogP contribution in [0.1, 0.15) is 13.3 Å². The van der Waals surface area contributed by atoms with Crippen LogP contribution < -0.4 is 19.5 Å². The Morgan fingerprint density at radius 1 is 1.19 bits per heavy atom. The maximum absolute atomic E-state index is 12.1. The number of sulfonamides is 1. The molecule has 116 valence electrons. The number of carbonyl (C=O) groups is 1. The third-order valence-corrected chi connectivity index (χ3v) is 4.28. The number of hydrogen-bond acceptors (Lipinski definition) is 5. The molecule has 0 atom stereocenters. The van der Waals surface area contributed by atoms with Gasteiger partial charge in [-0.1, -0.05) is 0 Å². The van der Waals surface area contributed by atoms with Crippen LogP contribution in [-0.2, 0) is 14.8 Å². The SMILES string of the molecule is CC(=O)NCCNS(=O)(=O)c1ccc2c(c1)OCCCO2. The van der Waals surface area contributed by atoms with Crippen molar-refractivity contribution < 1.29 is 22.7 Å². The summed E-state index contributed by atoms with van der Waals surface area (Å²) in [5.41, 5.74) is 0. The molecule has 0 aliphatic carbocycles. The van der Waals surface area contributed by atoms with E-state index in [4.69, 9.17) is 9.47 Å². The Bertz CT molecular complexity index is 615. The van der Waals surface area contributed by atoms with E-state index in [1.54, 1.807) is 6.07 Å². The van der Waals surface area contributed by atoms with Crippen molar-refractivity contribution in [2.75, 3.05) is 26.3 Å². The summed E-state index contributed by atoms with van der Waals surface area (Å²) in [6.45, 7) is 2.77. The Morgan fingerprint density at radius 2 is 1.90 bits per heavy atom. The third kappa shape index (κ3) is 4.33. The van der Waals surface area contributed by atoms with Crippen LogP contribution in [0.4, 0.5) is 0 Å². The summed E-state index contributed by atoms with van der Waals surface area (Å²) in [4.78, 5) is 10.8. The third-order valence-electron chi connectivity index (χ3n) is 2.82. The van der Waals surface area contributed by atoms with Crippen molar-refractivity contribution in [1.82, 2.24) is 10.0 Å². The van der Waals surface area contributed by atoms with Crippen molar-refractivity contribution in [3.63, 3.8) is 0 Å². The molecule has 8 heteroatoms. The van der Waals surface area contributed by atoms with Crippen LogP contribution in [0.5, 0.6) is 11.5 Å². The highest BCUT2D eigenvalue weighted by Crippen LogP contribution is 2.31.